The van der Waals surface area contributed by atoms with Gasteiger partial charge in [-0.2, -0.15) is 0 Å². The van der Waals surface area contributed by atoms with Gasteiger partial charge in [0.1, 0.15) is 5.56 Å². The van der Waals surface area contributed by atoms with Crippen molar-refractivity contribution in [3.8, 4) is 11.3 Å². The van der Waals surface area contributed by atoms with Crippen molar-refractivity contribution in [1.29, 1.82) is 0 Å². The molecule has 24 heavy (non-hydrogen) atoms. The number of amides is 1. The second kappa shape index (κ2) is 6.72. The van der Waals surface area contributed by atoms with E-state index in [1.165, 1.54) is 6.07 Å². The minimum atomic E-state index is -0.437. The van der Waals surface area contributed by atoms with Gasteiger partial charge < -0.3 is 10.3 Å². The Balaban J connectivity index is 1.87. The average molecular weight is 339 g/mol. The molecule has 0 saturated carbocycles. The van der Waals surface area contributed by atoms with E-state index in [1.807, 2.05) is 25.1 Å². The average Bonchev–Trinajstić information content (AvgIpc) is 2.57. The zero-order valence-corrected chi connectivity index (χ0v) is 13.7. The van der Waals surface area contributed by atoms with Gasteiger partial charge in [0.15, 0.2) is 0 Å². The van der Waals surface area contributed by atoms with Gasteiger partial charge in [-0.05, 0) is 48.4 Å². The van der Waals surface area contributed by atoms with Crippen LogP contribution in [0.25, 0.3) is 11.3 Å². The van der Waals surface area contributed by atoms with Crippen LogP contribution >= 0.6 is 11.6 Å². The highest BCUT2D eigenvalue weighted by atomic mass is 35.5. The summed E-state index contributed by atoms with van der Waals surface area (Å²) in [5.74, 6) is -0.437. The highest BCUT2D eigenvalue weighted by Crippen LogP contribution is 2.19. The van der Waals surface area contributed by atoms with Crippen LogP contribution in [-0.2, 0) is 0 Å². The standard InChI is InChI=1S/C19H15ClN2O2/c1-12-4-2-3-5-16(12)21-18(23)15-10-11-17(22-19(15)24)13-6-8-14(20)9-7-13/h2-11H,1H3,(H,21,23)(H,22,24). The number of pyridine rings is 1. The second-order valence-corrected chi connectivity index (χ2v) is 5.83. The van der Waals surface area contributed by atoms with Crippen molar-refractivity contribution in [3.05, 3.63) is 87.2 Å². The molecule has 120 valence electrons. The molecular weight excluding hydrogens is 324 g/mol. The minimum Gasteiger partial charge on any atom is -0.322 e. The molecule has 4 nitrogen and oxygen atoms in total. The molecule has 2 N–H and O–H groups in total. The normalized spacial score (nSPS) is 10.4. The molecule has 5 heteroatoms. The molecule has 0 saturated heterocycles. The number of halogens is 1. The third kappa shape index (κ3) is 3.39. The van der Waals surface area contributed by atoms with Crippen molar-refractivity contribution in [2.75, 3.05) is 5.32 Å². The number of carbonyl (C=O) groups is 1. The molecule has 3 aromatic rings. The summed E-state index contributed by atoms with van der Waals surface area (Å²) >= 11 is 5.86. The van der Waals surface area contributed by atoms with Gasteiger partial charge in [-0.3, -0.25) is 9.59 Å². The van der Waals surface area contributed by atoms with Gasteiger partial charge in [-0.25, -0.2) is 0 Å². The Bertz CT molecular complexity index is 946. The van der Waals surface area contributed by atoms with E-state index >= 15 is 0 Å². The second-order valence-electron chi connectivity index (χ2n) is 5.39. The molecule has 1 aromatic heterocycles. The van der Waals surface area contributed by atoms with Crippen molar-refractivity contribution >= 4 is 23.2 Å². The molecule has 0 fully saturated rings. The fraction of sp³-hybridized carbons (Fsp3) is 0.0526. The van der Waals surface area contributed by atoms with Crippen LogP contribution in [0.4, 0.5) is 5.69 Å². The lowest BCUT2D eigenvalue weighted by molar-refractivity contribution is 0.102. The molecule has 1 heterocycles. The zero-order valence-electron chi connectivity index (χ0n) is 13.0. The number of nitrogens with one attached hydrogen (secondary N) is 2. The molecule has 1 amide bonds. The van der Waals surface area contributed by atoms with E-state index in [2.05, 4.69) is 10.3 Å². The molecule has 0 spiro atoms. The summed E-state index contributed by atoms with van der Waals surface area (Å²) < 4.78 is 0. The van der Waals surface area contributed by atoms with Crippen LogP contribution < -0.4 is 10.9 Å². The molecule has 0 aliphatic carbocycles. The summed E-state index contributed by atoms with van der Waals surface area (Å²) in [4.78, 5) is 27.3. The van der Waals surface area contributed by atoms with Crippen LogP contribution in [0.5, 0.6) is 0 Å². The first-order chi connectivity index (χ1) is 11.5. The number of H-pyrrole nitrogens is 1. The molecule has 0 aliphatic rings. The van der Waals surface area contributed by atoms with Gasteiger partial charge in [0.05, 0.1) is 0 Å². The molecule has 0 radical (unpaired) electrons. The van der Waals surface area contributed by atoms with Crippen LogP contribution in [0.1, 0.15) is 15.9 Å². The highest BCUT2D eigenvalue weighted by molar-refractivity contribution is 6.30. The quantitative estimate of drug-likeness (QED) is 0.749. The Morgan fingerprint density at radius 2 is 1.71 bits per heavy atom. The number of hydrogen-bond donors (Lipinski definition) is 2. The lowest BCUT2D eigenvalue weighted by Gasteiger charge is -2.08. The van der Waals surface area contributed by atoms with Gasteiger partial charge in [0.25, 0.3) is 11.5 Å². The van der Waals surface area contributed by atoms with Gasteiger partial charge in [0, 0.05) is 16.4 Å². The number of anilines is 1. The Hall–Kier alpha value is -2.85. The third-order valence-electron chi connectivity index (χ3n) is 3.70. The topological polar surface area (TPSA) is 62.0 Å². The summed E-state index contributed by atoms with van der Waals surface area (Å²) in [6.45, 7) is 1.89. The smallest absolute Gasteiger partial charge is 0.261 e. The van der Waals surface area contributed by atoms with Gasteiger partial charge >= 0.3 is 0 Å². The SMILES string of the molecule is Cc1ccccc1NC(=O)c1ccc(-c2ccc(Cl)cc2)[nH]c1=O. The summed E-state index contributed by atoms with van der Waals surface area (Å²) in [7, 11) is 0. The van der Waals surface area contributed by atoms with Gasteiger partial charge in [0.2, 0.25) is 0 Å². The van der Waals surface area contributed by atoms with E-state index in [-0.39, 0.29) is 5.56 Å². The van der Waals surface area contributed by atoms with Crippen molar-refractivity contribution < 1.29 is 4.79 Å². The Labute approximate surface area is 144 Å². The Kier molecular flexibility index (Phi) is 4.49. The first kappa shape index (κ1) is 16.0. The molecule has 3 rings (SSSR count). The Morgan fingerprint density at radius 1 is 1.00 bits per heavy atom. The van der Waals surface area contributed by atoms with Crippen LogP contribution in [0.3, 0.4) is 0 Å². The van der Waals surface area contributed by atoms with Gasteiger partial charge in [-0.1, -0.05) is 41.9 Å². The zero-order chi connectivity index (χ0) is 17.1. The van der Waals surface area contributed by atoms with E-state index in [4.69, 9.17) is 11.6 Å². The molecule has 0 atom stereocenters. The van der Waals surface area contributed by atoms with Crippen molar-refractivity contribution in [3.63, 3.8) is 0 Å². The first-order valence-corrected chi connectivity index (χ1v) is 7.78. The van der Waals surface area contributed by atoms with Crippen LogP contribution in [0.2, 0.25) is 5.02 Å². The first-order valence-electron chi connectivity index (χ1n) is 7.41. The third-order valence-corrected chi connectivity index (χ3v) is 3.95. The number of rotatable bonds is 3. The van der Waals surface area contributed by atoms with E-state index < -0.39 is 11.5 Å². The van der Waals surface area contributed by atoms with Crippen molar-refractivity contribution in [2.24, 2.45) is 0 Å². The van der Waals surface area contributed by atoms with Crippen molar-refractivity contribution in [1.82, 2.24) is 4.98 Å². The molecule has 2 aromatic carbocycles. The predicted molar refractivity (Wildman–Crippen MR) is 96.6 cm³/mol. The van der Waals surface area contributed by atoms with E-state index in [0.29, 0.717) is 16.4 Å². The number of aromatic amines is 1. The largest absolute Gasteiger partial charge is 0.322 e. The molecule has 0 bridgehead atoms. The number of para-hydroxylation sites is 1. The number of aromatic nitrogens is 1. The maximum atomic E-state index is 12.3. The lowest BCUT2D eigenvalue weighted by Crippen LogP contribution is -2.23. The minimum absolute atomic E-state index is 0.0657. The maximum absolute atomic E-state index is 12.3. The fourth-order valence-corrected chi connectivity index (χ4v) is 2.48. The van der Waals surface area contributed by atoms with Crippen molar-refractivity contribution in [2.45, 2.75) is 6.92 Å². The van der Waals surface area contributed by atoms with Gasteiger partial charge in [-0.15, -0.1) is 0 Å². The number of benzene rings is 2. The molecule has 0 aliphatic heterocycles. The van der Waals surface area contributed by atoms with Crippen LogP contribution in [0, 0.1) is 6.92 Å². The number of hydrogen-bond acceptors (Lipinski definition) is 2. The summed E-state index contributed by atoms with van der Waals surface area (Å²) in [5.41, 5.74) is 2.69. The summed E-state index contributed by atoms with van der Waals surface area (Å²) in [6.07, 6.45) is 0. The highest BCUT2D eigenvalue weighted by Gasteiger charge is 2.12. The predicted octanol–water partition coefficient (Wildman–Crippen LogP) is 4.26. The molecular formula is C19H15ClN2O2. The van der Waals surface area contributed by atoms with Crippen LogP contribution in [-0.4, -0.2) is 10.9 Å². The Morgan fingerprint density at radius 3 is 2.38 bits per heavy atom. The van der Waals surface area contributed by atoms with E-state index in [9.17, 15) is 9.59 Å². The monoisotopic (exact) mass is 338 g/mol. The van der Waals surface area contributed by atoms with E-state index in [0.717, 1.165) is 11.1 Å². The number of carbonyl (C=O) groups excluding carboxylic acids is 1. The lowest BCUT2D eigenvalue weighted by atomic mass is 10.1. The summed E-state index contributed by atoms with van der Waals surface area (Å²) in [6, 6.07) is 17.7. The van der Waals surface area contributed by atoms with E-state index in [1.54, 1.807) is 36.4 Å². The fourth-order valence-electron chi connectivity index (χ4n) is 2.35. The molecule has 0 unspecified atom stereocenters. The summed E-state index contributed by atoms with van der Waals surface area (Å²) in [5, 5.41) is 3.38. The van der Waals surface area contributed by atoms with Crippen LogP contribution in [0.15, 0.2) is 65.5 Å². The number of aryl methyl sites for hydroxylation is 1. The maximum Gasteiger partial charge on any atom is 0.261 e.